The van der Waals surface area contributed by atoms with Gasteiger partial charge in [0.25, 0.3) is 0 Å². The normalized spacial score (nSPS) is 9.93. The summed E-state index contributed by atoms with van der Waals surface area (Å²) in [7, 11) is 0. The molecule has 4 nitrogen and oxygen atoms in total. The highest BCUT2D eigenvalue weighted by Crippen LogP contribution is 2.11. The highest BCUT2D eigenvalue weighted by atomic mass is 16.1. The third-order valence-corrected chi connectivity index (χ3v) is 2.05. The predicted molar refractivity (Wildman–Crippen MR) is 62.4 cm³/mol. The van der Waals surface area contributed by atoms with Crippen molar-refractivity contribution in [3.8, 4) is 0 Å². The number of nitrogens with one attached hydrogen (secondary N) is 1. The molecule has 0 spiro atoms. The molecule has 0 atom stereocenters. The Morgan fingerprint density at radius 2 is 1.87 bits per heavy atom. The molecule has 0 aromatic heterocycles. The third kappa shape index (κ3) is 4.46. The van der Waals surface area contributed by atoms with E-state index in [0.29, 0.717) is 18.7 Å². The monoisotopic (exact) mass is 207 g/mol. The second-order valence-electron chi connectivity index (χ2n) is 3.42. The summed E-state index contributed by atoms with van der Waals surface area (Å²) in [6.07, 6.45) is 2.23. The van der Waals surface area contributed by atoms with Gasteiger partial charge in [-0.05, 0) is 43.7 Å². The number of nitrogen functional groups attached to an aromatic ring is 1. The number of nitrogens with two attached hydrogens (primary N) is 2. The van der Waals surface area contributed by atoms with Crippen molar-refractivity contribution in [1.29, 1.82) is 0 Å². The number of hydrogen-bond donors (Lipinski definition) is 3. The SMILES string of the molecule is NCCCCC(=O)Nc1ccc(N)cc1. The molecule has 0 saturated heterocycles. The van der Waals surface area contributed by atoms with Gasteiger partial charge in [0.15, 0.2) is 0 Å². The number of benzene rings is 1. The smallest absolute Gasteiger partial charge is 0.224 e. The van der Waals surface area contributed by atoms with Crippen LogP contribution in [-0.4, -0.2) is 12.5 Å². The Balaban J connectivity index is 2.34. The predicted octanol–water partition coefficient (Wildman–Crippen LogP) is 1.34. The van der Waals surface area contributed by atoms with E-state index in [0.717, 1.165) is 18.5 Å². The van der Waals surface area contributed by atoms with E-state index in [-0.39, 0.29) is 5.91 Å². The van der Waals surface area contributed by atoms with Crippen molar-refractivity contribution >= 4 is 17.3 Å². The van der Waals surface area contributed by atoms with Crippen LogP contribution in [0.25, 0.3) is 0 Å². The Morgan fingerprint density at radius 3 is 2.47 bits per heavy atom. The largest absolute Gasteiger partial charge is 0.399 e. The summed E-state index contributed by atoms with van der Waals surface area (Å²) in [5.41, 5.74) is 12.3. The molecule has 1 amide bonds. The maximum Gasteiger partial charge on any atom is 0.224 e. The quantitative estimate of drug-likeness (QED) is 0.503. The summed E-state index contributed by atoms with van der Waals surface area (Å²) in [5, 5.41) is 2.79. The molecule has 0 saturated carbocycles. The van der Waals surface area contributed by atoms with E-state index in [4.69, 9.17) is 11.5 Å². The van der Waals surface area contributed by atoms with Gasteiger partial charge in [0.2, 0.25) is 5.91 Å². The van der Waals surface area contributed by atoms with Crippen LogP contribution in [0.15, 0.2) is 24.3 Å². The van der Waals surface area contributed by atoms with Crippen molar-refractivity contribution < 1.29 is 4.79 Å². The number of carbonyl (C=O) groups excluding carboxylic acids is 1. The molecule has 4 heteroatoms. The van der Waals surface area contributed by atoms with Gasteiger partial charge in [-0.3, -0.25) is 4.79 Å². The fourth-order valence-electron chi connectivity index (χ4n) is 1.22. The standard InChI is InChI=1S/C11H17N3O/c12-8-2-1-3-11(15)14-10-6-4-9(13)5-7-10/h4-7H,1-3,8,12-13H2,(H,14,15). The average Bonchev–Trinajstić information content (AvgIpc) is 2.22. The highest BCUT2D eigenvalue weighted by Gasteiger charge is 2.01. The van der Waals surface area contributed by atoms with Crippen LogP contribution in [-0.2, 0) is 4.79 Å². The molecular formula is C11H17N3O. The molecule has 0 bridgehead atoms. The molecule has 0 aliphatic rings. The average molecular weight is 207 g/mol. The Hall–Kier alpha value is -1.55. The van der Waals surface area contributed by atoms with E-state index in [1.165, 1.54) is 0 Å². The molecule has 0 unspecified atom stereocenters. The van der Waals surface area contributed by atoms with E-state index in [1.807, 2.05) is 0 Å². The van der Waals surface area contributed by atoms with Crippen molar-refractivity contribution in [1.82, 2.24) is 0 Å². The van der Waals surface area contributed by atoms with Crippen LogP contribution < -0.4 is 16.8 Å². The molecule has 5 N–H and O–H groups in total. The molecule has 1 rings (SSSR count). The Bertz CT molecular complexity index is 308. The lowest BCUT2D eigenvalue weighted by atomic mass is 10.2. The highest BCUT2D eigenvalue weighted by molar-refractivity contribution is 5.90. The summed E-state index contributed by atoms with van der Waals surface area (Å²) < 4.78 is 0. The summed E-state index contributed by atoms with van der Waals surface area (Å²) in [6, 6.07) is 7.09. The zero-order valence-corrected chi connectivity index (χ0v) is 8.70. The van der Waals surface area contributed by atoms with Crippen LogP contribution in [0, 0.1) is 0 Å². The zero-order valence-electron chi connectivity index (χ0n) is 8.70. The molecule has 0 heterocycles. The van der Waals surface area contributed by atoms with Crippen LogP contribution in [0.1, 0.15) is 19.3 Å². The Morgan fingerprint density at radius 1 is 1.20 bits per heavy atom. The van der Waals surface area contributed by atoms with E-state index < -0.39 is 0 Å². The van der Waals surface area contributed by atoms with Gasteiger partial charge in [-0.25, -0.2) is 0 Å². The number of amides is 1. The van der Waals surface area contributed by atoms with Gasteiger partial charge in [0.05, 0.1) is 0 Å². The molecule has 0 fully saturated rings. The van der Waals surface area contributed by atoms with Gasteiger partial charge in [-0.1, -0.05) is 0 Å². The van der Waals surface area contributed by atoms with Crippen molar-refractivity contribution in [3.63, 3.8) is 0 Å². The van der Waals surface area contributed by atoms with Crippen LogP contribution in [0.4, 0.5) is 11.4 Å². The maximum absolute atomic E-state index is 11.4. The number of rotatable bonds is 5. The van der Waals surface area contributed by atoms with E-state index >= 15 is 0 Å². The molecular weight excluding hydrogens is 190 g/mol. The summed E-state index contributed by atoms with van der Waals surface area (Å²) in [5.74, 6) is 0.0215. The number of hydrogen-bond acceptors (Lipinski definition) is 3. The summed E-state index contributed by atoms with van der Waals surface area (Å²) in [6.45, 7) is 0.634. The number of unbranched alkanes of at least 4 members (excludes halogenated alkanes) is 1. The minimum absolute atomic E-state index is 0.0215. The summed E-state index contributed by atoms with van der Waals surface area (Å²) in [4.78, 5) is 11.4. The fourth-order valence-corrected chi connectivity index (χ4v) is 1.22. The van der Waals surface area contributed by atoms with Gasteiger partial charge in [0, 0.05) is 17.8 Å². The Labute approximate surface area is 89.6 Å². The maximum atomic E-state index is 11.4. The Kier molecular flexibility index (Phi) is 4.63. The molecule has 0 radical (unpaired) electrons. The van der Waals surface area contributed by atoms with Gasteiger partial charge >= 0.3 is 0 Å². The lowest BCUT2D eigenvalue weighted by Crippen LogP contribution is -2.11. The molecule has 1 aromatic rings. The molecule has 15 heavy (non-hydrogen) atoms. The number of carbonyl (C=O) groups is 1. The van der Waals surface area contributed by atoms with Crippen LogP contribution in [0.5, 0.6) is 0 Å². The molecule has 1 aromatic carbocycles. The van der Waals surface area contributed by atoms with Crippen molar-refractivity contribution in [2.24, 2.45) is 5.73 Å². The minimum atomic E-state index is 0.0215. The topological polar surface area (TPSA) is 81.1 Å². The van der Waals surface area contributed by atoms with Gasteiger partial charge in [-0.15, -0.1) is 0 Å². The lowest BCUT2D eigenvalue weighted by Gasteiger charge is -2.04. The van der Waals surface area contributed by atoms with Gasteiger partial charge in [-0.2, -0.15) is 0 Å². The van der Waals surface area contributed by atoms with E-state index in [2.05, 4.69) is 5.32 Å². The first-order valence-corrected chi connectivity index (χ1v) is 5.08. The first-order chi connectivity index (χ1) is 7.22. The number of anilines is 2. The van der Waals surface area contributed by atoms with Crippen molar-refractivity contribution in [3.05, 3.63) is 24.3 Å². The second kappa shape index (κ2) is 6.03. The van der Waals surface area contributed by atoms with Gasteiger partial charge < -0.3 is 16.8 Å². The zero-order chi connectivity index (χ0) is 11.1. The van der Waals surface area contributed by atoms with Crippen molar-refractivity contribution in [2.45, 2.75) is 19.3 Å². The fraction of sp³-hybridized carbons (Fsp3) is 0.364. The van der Waals surface area contributed by atoms with Crippen LogP contribution >= 0.6 is 0 Å². The molecule has 0 aliphatic heterocycles. The first-order valence-electron chi connectivity index (χ1n) is 5.08. The minimum Gasteiger partial charge on any atom is -0.399 e. The van der Waals surface area contributed by atoms with E-state index in [1.54, 1.807) is 24.3 Å². The van der Waals surface area contributed by atoms with E-state index in [9.17, 15) is 4.79 Å². The first kappa shape index (κ1) is 11.5. The van der Waals surface area contributed by atoms with Crippen LogP contribution in [0.2, 0.25) is 0 Å². The molecule has 82 valence electrons. The third-order valence-electron chi connectivity index (χ3n) is 2.05. The molecule has 0 aliphatic carbocycles. The summed E-state index contributed by atoms with van der Waals surface area (Å²) >= 11 is 0. The van der Waals surface area contributed by atoms with Crippen LogP contribution in [0.3, 0.4) is 0 Å². The van der Waals surface area contributed by atoms with Gasteiger partial charge in [0.1, 0.15) is 0 Å². The second-order valence-corrected chi connectivity index (χ2v) is 3.42. The van der Waals surface area contributed by atoms with Crippen molar-refractivity contribution in [2.75, 3.05) is 17.6 Å². The lowest BCUT2D eigenvalue weighted by molar-refractivity contribution is -0.116.